The van der Waals surface area contributed by atoms with Crippen LogP contribution < -0.4 is 5.32 Å². The molecule has 0 bridgehead atoms. The van der Waals surface area contributed by atoms with Gasteiger partial charge >= 0.3 is 0 Å². The third-order valence-corrected chi connectivity index (χ3v) is 5.06. The molecule has 1 saturated heterocycles. The molecule has 23 heavy (non-hydrogen) atoms. The van der Waals surface area contributed by atoms with Gasteiger partial charge in [0.2, 0.25) is 0 Å². The van der Waals surface area contributed by atoms with Crippen LogP contribution in [0.25, 0.3) is 12.2 Å². The number of anilines is 1. The molecule has 1 aromatic heterocycles. The molecule has 0 radical (unpaired) electrons. The highest BCUT2D eigenvalue weighted by Gasteiger charge is 2.36. The van der Waals surface area contributed by atoms with E-state index in [-0.39, 0.29) is 0 Å². The quantitative estimate of drug-likeness (QED) is 0.915. The van der Waals surface area contributed by atoms with Gasteiger partial charge in [-0.15, -0.1) is 0 Å². The minimum absolute atomic E-state index is 0.594. The molecule has 4 rings (SSSR count). The van der Waals surface area contributed by atoms with Crippen LogP contribution >= 0.6 is 0 Å². The van der Waals surface area contributed by atoms with Crippen molar-refractivity contribution in [1.82, 2.24) is 9.88 Å². The van der Waals surface area contributed by atoms with Crippen LogP contribution in [0.2, 0.25) is 0 Å². The first-order valence-corrected chi connectivity index (χ1v) is 8.39. The van der Waals surface area contributed by atoms with Crippen molar-refractivity contribution in [3.8, 4) is 0 Å². The van der Waals surface area contributed by atoms with Gasteiger partial charge in [-0.2, -0.15) is 0 Å². The second-order valence-corrected chi connectivity index (χ2v) is 6.79. The molecular weight excluding hydrogens is 282 g/mol. The van der Waals surface area contributed by atoms with Gasteiger partial charge in [0, 0.05) is 36.1 Å². The summed E-state index contributed by atoms with van der Waals surface area (Å²) < 4.78 is 0. The molecule has 3 heteroatoms. The highest BCUT2D eigenvalue weighted by molar-refractivity contribution is 5.80. The van der Waals surface area contributed by atoms with Gasteiger partial charge in [0.25, 0.3) is 0 Å². The molecule has 2 aliphatic rings. The summed E-state index contributed by atoms with van der Waals surface area (Å²) in [6.45, 7) is 4.35. The Morgan fingerprint density at radius 2 is 2.13 bits per heavy atom. The van der Waals surface area contributed by atoms with Crippen molar-refractivity contribution in [3.05, 3.63) is 58.9 Å². The van der Waals surface area contributed by atoms with Crippen molar-refractivity contribution < 1.29 is 0 Å². The number of rotatable bonds is 2. The Balaban J connectivity index is 1.63. The van der Waals surface area contributed by atoms with Gasteiger partial charge in [0.15, 0.2) is 0 Å². The molecule has 0 amide bonds. The molecule has 0 spiro atoms. The summed E-state index contributed by atoms with van der Waals surface area (Å²) >= 11 is 0. The molecule has 0 saturated carbocycles. The number of piperidine rings is 1. The Kier molecular flexibility index (Phi) is 3.66. The lowest BCUT2D eigenvalue weighted by molar-refractivity contribution is 0.243. The number of hydrogen-bond donors (Lipinski definition) is 1. The van der Waals surface area contributed by atoms with Crippen LogP contribution in [0, 0.1) is 6.92 Å². The molecule has 1 N–H and O–H groups in total. The maximum Gasteiger partial charge on any atom is 0.0452 e. The van der Waals surface area contributed by atoms with E-state index in [2.05, 4.69) is 64.7 Å². The number of para-hydroxylation sites is 1. The van der Waals surface area contributed by atoms with Crippen LogP contribution in [0.1, 0.15) is 34.7 Å². The SMILES string of the molecule is Cc1ccc(C=Cc2cccc3c2N[C@H]2CCN(C)C[C@@H]32)cn1. The van der Waals surface area contributed by atoms with E-state index < -0.39 is 0 Å². The van der Waals surface area contributed by atoms with Crippen LogP contribution in [0.4, 0.5) is 5.69 Å². The number of hydrogen-bond acceptors (Lipinski definition) is 3. The highest BCUT2D eigenvalue weighted by Crippen LogP contribution is 2.42. The fraction of sp³-hybridized carbons (Fsp3) is 0.350. The van der Waals surface area contributed by atoms with Gasteiger partial charge in [0.1, 0.15) is 0 Å². The van der Waals surface area contributed by atoms with E-state index in [0.717, 1.165) is 17.8 Å². The second-order valence-electron chi connectivity index (χ2n) is 6.79. The van der Waals surface area contributed by atoms with E-state index in [9.17, 15) is 0 Å². The standard InChI is InChI=1S/C20H23N3/c1-14-6-7-15(12-21-14)8-9-16-4-3-5-17-18-13-23(2)11-10-19(18)22-20(16)17/h3-9,12,18-19,22H,10-11,13H2,1-2H3/t18-,19-/m0/s1. The third kappa shape index (κ3) is 2.77. The van der Waals surface area contributed by atoms with Crippen LogP contribution in [0.5, 0.6) is 0 Å². The molecule has 2 aliphatic heterocycles. The van der Waals surface area contributed by atoms with Gasteiger partial charge in [-0.1, -0.05) is 36.4 Å². The predicted octanol–water partition coefficient (Wildman–Crippen LogP) is 3.77. The number of aryl methyl sites for hydroxylation is 1. The first-order valence-electron chi connectivity index (χ1n) is 8.39. The molecule has 3 nitrogen and oxygen atoms in total. The summed E-state index contributed by atoms with van der Waals surface area (Å²) in [5.41, 5.74) is 6.28. The van der Waals surface area contributed by atoms with Crippen molar-refractivity contribution in [1.29, 1.82) is 0 Å². The zero-order chi connectivity index (χ0) is 15.8. The predicted molar refractivity (Wildman–Crippen MR) is 96.6 cm³/mol. The van der Waals surface area contributed by atoms with E-state index in [1.807, 2.05) is 13.1 Å². The lowest BCUT2D eigenvalue weighted by Crippen LogP contribution is -2.39. The fourth-order valence-electron chi connectivity index (χ4n) is 3.76. The summed E-state index contributed by atoms with van der Waals surface area (Å²) in [7, 11) is 2.22. The zero-order valence-corrected chi connectivity index (χ0v) is 13.8. The molecule has 1 fully saturated rings. The monoisotopic (exact) mass is 305 g/mol. The van der Waals surface area contributed by atoms with Crippen LogP contribution in [0.15, 0.2) is 36.5 Å². The first kappa shape index (κ1) is 14.5. The van der Waals surface area contributed by atoms with Crippen LogP contribution in [-0.4, -0.2) is 36.1 Å². The van der Waals surface area contributed by atoms with E-state index in [1.165, 1.54) is 29.8 Å². The largest absolute Gasteiger partial charge is 0.381 e. The van der Waals surface area contributed by atoms with Crippen molar-refractivity contribution in [3.63, 3.8) is 0 Å². The van der Waals surface area contributed by atoms with E-state index in [4.69, 9.17) is 0 Å². The Bertz CT molecular complexity index is 733. The molecule has 0 unspecified atom stereocenters. The molecule has 3 heterocycles. The number of nitrogens with one attached hydrogen (secondary N) is 1. The van der Waals surface area contributed by atoms with Crippen molar-refractivity contribution in [2.45, 2.75) is 25.3 Å². The van der Waals surface area contributed by atoms with Crippen molar-refractivity contribution >= 4 is 17.8 Å². The Morgan fingerprint density at radius 3 is 2.96 bits per heavy atom. The van der Waals surface area contributed by atoms with Gasteiger partial charge in [-0.05, 0) is 49.7 Å². The number of likely N-dealkylation sites (tertiary alicyclic amines) is 1. The highest BCUT2D eigenvalue weighted by atomic mass is 15.1. The van der Waals surface area contributed by atoms with Crippen molar-refractivity contribution in [2.75, 3.05) is 25.5 Å². The molecule has 2 aromatic rings. The maximum atomic E-state index is 4.36. The molecule has 0 aliphatic carbocycles. The van der Waals surface area contributed by atoms with E-state index in [0.29, 0.717) is 12.0 Å². The lowest BCUT2D eigenvalue weighted by atomic mass is 9.89. The molecular formula is C20H23N3. The first-order chi connectivity index (χ1) is 11.2. The van der Waals surface area contributed by atoms with Gasteiger partial charge in [0.05, 0.1) is 0 Å². The molecule has 1 aromatic carbocycles. The Labute approximate surface area is 138 Å². The number of benzene rings is 1. The van der Waals surface area contributed by atoms with E-state index >= 15 is 0 Å². The Hall–Kier alpha value is -2.13. The summed E-state index contributed by atoms with van der Waals surface area (Å²) in [6.07, 6.45) is 7.51. The third-order valence-electron chi connectivity index (χ3n) is 5.06. The topological polar surface area (TPSA) is 28.2 Å². The number of fused-ring (bicyclic) bond motifs is 3. The molecule has 2 atom stereocenters. The average Bonchev–Trinajstić information content (AvgIpc) is 2.93. The van der Waals surface area contributed by atoms with Crippen LogP contribution in [-0.2, 0) is 0 Å². The smallest absolute Gasteiger partial charge is 0.0452 e. The number of likely N-dealkylation sites (N-methyl/N-ethyl adjacent to an activating group) is 1. The Morgan fingerprint density at radius 1 is 1.22 bits per heavy atom. The summed E-state index contributed by atoms with van der Waals surface area (Å²) in [5, 5.41) is 3.78. The maximum absolute atomic E-state index is 4.36. The zero-order valence-electron chi connectivity index (χ0n) is 13.8. The summed E-state index contributed by atoms with van der Waals surface area (Å²) in [4.78, 5) is 6.80. The number of aromatic nitrogens is 1. The average molecular weight is 305 g/mol. The van der Waals surface area contributed by atoms with Crippen molar-refractivity contribution in [2.24, 2.45) is 0 Å². The minimum atomic E-state index is 0.594. The number of nitrogens with zero attached hydrogens (tertiary/aromatic N) is 2. The molecule has 118 valence electrons. The second kappa shape index (κ2) is 5.82. The number of pyridine rings is 1. The van der Waals surface area contributed by atoms with Gasteiger partial charge in [-0.3, -0.25) is 4.98 Å². The normalized spacial score (nSPS) is 23.6. The summed E-state index contributed by atoms with van der Waals surface area (Å²) in [5.74, 6) is 0.623. The fourth-order valence-corrected chi connectivity index (χ4v) is 3.76. The van der Waals surface area contributed by atoms with E-state index in [1.54, 1.807) is 0 Å². The summed E-state index contributed by atoms with van der Waals surface area (Å²) in [6, 6.07) is 11.4. The van der Waals surface area contributed by atoms with Crippen LogP contribution in [0.3, 0.4) is 0 Å². The van der Waals surface area contributed by atoms with Gasteiger partial charge < -0.3 is 10.2 Å². The van der Waals surface area contributed by atoms with Gasteiger partial charge in [-0.25, -0.2) is 0 Å². The minimum Gasteiger partial charge on any atom is -0.381 e. The lowest BCUT2D eigenvalue weighted by Gasteiger charge is -2.32.